The summed E-state index contributed by atoms with van der Waals surface area (Å²) >= 11 is 0. The first-order chi connectivity index (χ1) is 7.75. The van der Waals surface area contributed by atoms with E-state index in [2.05, 4.69) is 12.1 Å². The predicted octanol–water partition coefficient (Wildman–Crippen LogP) is 1.32. The number of hydrogen-bond donors (Lipinski definition) is 2. The highest BCUT2D eigenvalue weighted by Crippen LogP contribution is 2.43. The molecule has 16 heavy (non-hydrogen) atoms. The molecule has 3 N–H and O–H groups in total. The molecule has 0 saturated carbocycles. The quantitative estimate of drug-likeness (QED) is 0.737. The summed E-state index contributed by atoms with van der Waals surface area (Å²) in [6.45, 7) is 0.795. The van der Waals surface area contributed by atoms with Crippen LogP contribution in [0.3, 0.4) is 0 Å². The molecule has 0 bridgehead atoms. The highest BCUT2D eigenvalue weighted by Gasteiger charge is 2.29. The molecule has 1 aliphatic heterocycles. The summed E-state index contributed by atoms with van der Waals surface area (Å²) in [5, 5.41) is 9.33. The van der Waals surface area contributed by atoms with E-state index >= 15 is 0 Å². The van der Waals surface area contributed by atoms with E-state index in [1.807, 2.05) is 0 Å². The fourth-order valence-corrected chi connectivity index (χ4v) is 3.08. The lowest BCUT2D eigenvalue weighted by Gasteiger charge is -2.16. The van der Waals surface area contributed by atoms with Gasteiger partial charge in [-0.2, -0.15) is 0 Å². The summed E-state index contributed by atoms with van der Waals surface area (Å²) in [5.74, 6) is 1.46. The van der Waals surface area contributed by atoms with E-state index in [0.717, 1.165) is 31.6 Å². The zero-order valence-electron chi connectivity index (χ0n) is 9.28. The van der Waals surface area contributed by atoms with Crippen LogP contribution < -0.4 is 10.5 Å². The molecule has 0 aromatic heterocycles. The molecule has 1 aliphatic carbocycles. The van der Waals surface area contributed by atoms with Crippen LogP contribution in [0.2, 0.25) is 0 Å². The lowest BCUT2D eigenvalue weighted by Crippen LogP contribution is -2.21. The Labute approximate surface area is 95.2 Å². The largest absolute Gasteiger partial charge is 0.493 e. The van der Waals surface area contributed by atoms with Crippen molar-refractivity contribution >= 4 is 0 Å². The average Bonchev–Trinajstić information content (AvgIpc) is 2.82. The molecule has 86 valence electrons. The van der Waals surface area contributed by atoms with Gasteiger partial charge in [0.15, 0.2) is 0 Å². The maximum atomic E-state index is 9.33. The van der Waals surface area contributed by atoms with Crippen molar-refractivity contribution in [2.24, 2.45) is 5.73 Å². The molecule has 2 unspecified atom stereocenters. The Hall–Kier alpha value is -1.06. The second-order valence-electron chi connectivity index (χ2n) is 4.75. The molecular weight excluding hydrogens is 202 g/mol. The zero-order chi connectivity index (χ0) is 11.1. The number of aliphatic hydroxyl groups excluding tert-OH is 1. The molecule has 2 atom stereocenters. The van der Waals surface area contributed by atoms with Crippen molar-refractivity contribution in [3.8, 4) is 5.75 Å². The number of hydrogen-bond acceptors (Lipinski definition) is 3. The SMILES string of the molecule is NC(O)CC1CCc2ccc3c(c21)CCO3. The van der Waals surface area contributed by atoms with Gasteiger partial charge in [-0.1, -0.05) is 6.07 Å². The summed E-state index contributed by atoms with van der Waals surface area (Å²) in [5.41, 5.74) is 9.70. The Morgan fingerprint density at radius 3 is 3.12 bits per heavy atom. The first kappa shape index (κ1) is 10.1. The topological polar surface area (TPSA) is 55.5 Å². The lowest BCUT2D eigenvalue weighted by molar-refractivity contribution is 0.162. The maximum Gasteiger partial charge on any atom is 0.122 e. The van der Waals surface area contributed by atoms with E-state index in [0.29, 0.717) is 12.3 Å². The zero-order valence-corrected chi connectivity index (χ0v) is 9.28. The van der Waals surface area contributed by atoms with Crippen molar-refractivity contribution in [1.29, 1.82) is 0 Å². The van der Waals surface area contributed by atoms with Gasteiger partial charge in [0.05, 0.1) is 6.61 Å². The van der Waals surface area contributed by atoms with E-state index < -0.39 is 6.23 Å². The number of benzene rings is 1. The number of aliphatic hydroxyl groups is 1. The summed E-state index contributed by atoms with van der Waals surface area (Å²) in [6.07, 6.45) is 3.20. The van der Waals surface area contributed by atoms with E-state index in [-0.39, 0.29) is 0 Å². The van der Waals surface area contributed by atoms with Crippen LogP contribution in [0.1, 0.15) is 35.4 Å². The van der Waals surface area contributed by atoms with Gasteiger partial charge in [-0.3, -0.25) is 0 Å². The number of rotatable bonds is 2. The monoisotopic (exact) mass is 219 g/mol. The summed E-state index contributed by atoms with van der Waals surface area (Å²) in [7, 11) is 0. The Balaban J connectivity index is 2.00. The van der Waals surface area contributed by atoms with Gasteiger partial charge in [-0.25, -0.2) is 0 Å². The molecule has 0 spiro atoms. The Morgan fingerprint density at radius 1 is 1.44 bits per heavy atom. The highest BCUT2D eigenvalue weighted by atomic mass is 16.5. The molecular formula is C13H17NO2. The van der Waals surface area contributed by atoms with Crippen molar-refractivity contribution in [1.82, 2.24) is 0 Å². The van der Waals surface area contributed by atoms with Gasteiger partial charge in [0.2, 0.25) is 0 Å². The van der Waals surface area contributed by atoms with E-state index in [9.17, 15) is 5.11 Å². The second kappa shape index (κ2) is 3.75. The van der Waals surface area contributed by atoms with Crippen LogP contribution >= 0.6 is 0 Å². The molecule has 3 nitrogen and oxygen atoms in total. The van der Waals surface area contributed by atoms with E-state index in [1.54, 1.807) is 0 Å². The van der Waals surface area contributed by atoms with Gasteiger partial charge in [-0.15, -0.1) is 0 Å². The van der Waals surface area contributed by atoms with E-state index in [4.69, 9.17) is 10.5 Å². The summed E-state index contributed by atoms with van der Waals surface area (Å²) in [4.78, 5) is 0. The number of ether oxygens (including phenoxy) is 1. The molecule has 1 heterocycles. The van der Waals surface area contributed by atoms with Gasteiger partial charge in [0.1, 0.15) is 12.0 Å². The van der Waals surface area contributed by atoms with Crippen LogP contribution in [0.25, 0.3) is 0 Å². The Kier molecular flexibility index (Phi) is 2.37. The fourth-order valence-electron chi connectivity index (χ4n) is 3.08. The first-order valence-corrected chi connectivity index (χ1v) is 5.97. The van der Waals surface area contributed by atoms with Crippen LogP contribution in [0.4, 0.5) is 0 Å². The highest BCUT2D eigenvalue weighted by molar-refractivity contribution is 5.51. The summed E-state index contributed by atoms with van der Waals surface area (Å²) < 4.78 is 5.58. The molecule has 0 radical (unpaired) electrons. The molecule has 3 heteroatoms. The standard InChI is InChI=1S/C13H17NO2/c14-12(15)7-9-2-1-8-3-4-11-10(13(8)9)5-6-16-11/h3-4,9,12,15H,1-2,5-7,14H2. The second-order valence-corrected chi connectivity index (χ2v) is 4.75. The van der Waals surface area contributed by atoms with E-state index in [1.165, 1.54) is 16.7 Å². The molecule has 1 aromatic rings. The molecule has 2 aliphatic rings. The minimum Gasteiger partial charge on any atom is -0.493 e. The lowest BCUT2D eigenvalue weighted by atomic mass is 9.91. The molecule has 3 rings (SSSR count). The molecule has 1 aromatic carbocycles. The van der Waals surface area contributed by atoms with Crippen LogP contribution in [0.5, 0.6) is 5.75 Å². The molecule has 0 fully saturated rings. The predicted molar refractivity (Wildman–Crippen MR) is 61.5 cm³/mol. The van der Waals surface area contributed by atoms with Gasteiger partial charge in [0.25, 0.3) is 0 Å². The Morgan fingerprint density at radius 2 is 2.31 bits per heavy atom. The average molecular weight is 219 g/mol. The minimum absolute atomic E-state index is 0.423. The Bertz CT molecular complexity index is 415. The van der Waals surface area contributed by atoms with Crippen molar-refractivity contribution in [2.75, 3.05) is 6.61 Å². The first-order valence-electron chi connectivity index (χ1n) is 5.97. The number of nitrogens with two attached hydrogens (primary N) is 1. The van der Waals surface area contributed by atoms with Gasteiger partial charge < -0.3 is 15.6 Å². The van der Waals surface area contributed by atoms with Crippen molar-refractivity contribution < 1.29 is 9.84 Å². The number of aryl methyl sites for hydroxylation is 1. The minimum atomic E-state index is -0.700. The maximum absolute atomic E-state index is 9.33. The third-order valence-corrected chi connectivity index (χ3v) is 3.71. The summed E-state index contributed by atoms with van der Waals surface area (Å²) in [6, 6.07) is 4.25. The van der Waals surface area contributed by atoms with Gasteiger partial charge >= 0.3 is 0 Å². The van der Waals surface area contributed by atoms with Crippen LogP contribution in [-0.2, 0) is 12.8 Å². The number of fused-ring (bicyclic) bond motifs is 3. The normalized spacial score (nSPS) is 23.8. The van der Waals surface area contributed by atoms with Gasteiger partial charge in [-0.05, 0) is 42.4 Å². The third-order valence-electron chi connectivity index (χ3n) is 3.71. The third kappa shape index (κ3) is 1.51. The van der Waals surface area contributed by atoms with Crippen molar-refractivity contribution in [2.45, 2.75) is 37.8 Å². The van der Waals surface area contributed by atoms with Crippen LogP contribution in [0.15, 0.2) is 12.1 Å². The van der Waals surface area contributed by atoms with Crippen LogP contribution in [0, 0.1) is 0 Å². The van der Waals surface area contributed by atoms with Crippen LogP contribution in [-0.4, -0.2) is 17.9 Å². The molecule has 0 amide bonds. The molecule has 0 saturated heterocycles. The smallest absolute Gasteiger partial charge is 0.122 e. The van der Waals surface area contributed by atoms with Gasteiger partial charge in [0, 0.05) is 12.0 Å². The van der Waals surface area contributed by atoms with Crippen molar-refractivity contribution in [3.63, 3.8) is 0 Å². The van der Waals surface area contributed by atoms with Crippen molar-refractivity contribution in [3.05, 3.63) is 28.8 Å². The fraction of sp³-hybridized carbons (Fsp3) is 0.538.